The Kier molecular flexibility index (Phi) is 5.23. The average molecular weight is 228 g/mol. The molecule has 0 aromatic rings. The van der Waals surface area contributed by atoms with Gasteiger partial charge in [-0.2, -0.15) is 13.2 Å². The summed E-state index contributed by atoms with van der Waals surface area (Å²) in [6, 6.07) is 0. The third-order valence-corrected chi connectivity index (χ3v) is 2.19. The van der Waals surface area contributed by atoms with Crippen LogP contribution in [0.3, 0.4) is 0 Å². The molecule has 90 valence electrons. The fourth-order valence-corrected chi connectivity index (χ4v) is 1.12. The van der Waals surface area contributed by atoms with E-state index in [4.69, 9.17) is 5.11 Å². The molecule has 0 saturated heterocycles. The van der Waals surface area contributed by atoms with E-state index in [1.54, 1.807) is 14.1 Å². The lowest BCUT2D eigenvalue weighted by molar-refractivity contribution is -0.814. The highest BCUT2D eigenvalue weighted by atomic mass is 19.4. The molecule has 0 bridgehead atoms. The fourth-order valence-electron chi connectivity index (χ4n) is 1.12. The zero-order chi connectivity index (χ0) is 12.1. The second kappa shape index (κ2) is 5.46. The summed E-state index contributed by atoms with van der Waals surface area (Å²) in [6.07, 6.45) is -5.42. The number of quaternary nitrogens is 1. The van der Waals surface area contributed by atoms with Crippen LogP contribution in [-0.2, 0) is 4.79 Å². The van der Waals surface area contributed by atoms with E-state index in [0.717, 1.165) is 0 Å². The molecule has 0 aliphatic heterocycles. The van der Waals surface area contributed by atoms with Crippen molar-refractivity contribution in [2.24, 2.45) is 0 Å². The molecular formula is C9H17F3NO2+. The van der Waals surface area contributed by atoms with Crippen LogP contribution in [0, 0.1) is 0 Å². The first-order valence-electron chi connectivity index (χ1n) is 4.73. The monoisotopic (exact) mass is 228 g/mol. The van der Waals surface area contributed by atoms with Gasteiger partial charge < -0.3 is 5.11 Å². The molecule has 0 radical (unpaired) electrons. The van der Waals surface area contributed by atoms with Gasteiger partial charge in [0.15, 0.2) is 0 Å². The Morgan fingerprint density at radius 3 is 2.27 bits per heavy atom. The first-order valence-corrected chi connectivity index (χ1v) is 4.73. The molecule has 6 heteroatoms. The van der Waals surface area contributed by atoms with Gasteiger partial charge in [-0.15, -0.1) is 0 Å². The van der Waals surface area contributed by atoms with Crippen molar-refractivity contribution in [3.8, 4) is 0 Å². The highest BCUT2D eigenvalue weighted by Gasteiger charge is 2.30. The maximum absolute atomic E-state index is 11.8. The van der Waals surface area contributed by atoms with E-state index >= 15 is 0 Å². The normalized spacial score (nSPS) is 12.9. The molecule has 0 atom stereocenters. The van der Waals surface area contributed by atoms with Crippen LogP contribution in [-0.4, -0.2) is 48.9 Å². The maximum Gasteiger partial charge on any atom is 0.389 e. The van der Waals surface area contributed by atoms with Crippen molar-refractivity contribution in [2.45, 2.75) is 25.4 Å². The molecule has 0 aliphatic carbocycles. The minimum absolute atomic E-state index is 0.0750. The molecule has 0 aliphatic rings. The molecule has 1 N–H and O–H groups in total. The third kappa shape index (κ3) is 6.46. The predicted octanol–water partition coefficient (Wildman–Crippen LogP) is 1.31. The van der Waals surface area contributed by atoms with Gasteiger partial charge in [0.05, 0.1) is 27.1 Å². The lowest BCUT2D eigenvalue weighted by atomic mass is 10.2. The Balaban J connectivity index is 3.94. The van der Waals surface area contributed by atoms with E-state index in [0.29, 0.717) is 0 Å². The van der Waals surface area contributed by atoms with Crippen LogP contribution >= 0.6 is 0 Å². The molecule has 0 saturated carbocycles. The summed E-state index contributed by atoms with van der Waals surface area (Å²) >= 11 is 0. The van der Waals surface area contributed by atoms with E-state index in [1.807, 2.05) is 0 Å². The van der Waals surface area contributed by atoms with Crippen LogP contribution in [0.5, 0.6) is 0 Å². The number of amides is 1. The third-order valence-electron chi connectivity index (χ3n) is 2.19. The minimum atomic E-state index is -4.20. The van der Waals surface area contributed by atoms with E-state index in [1.165, 1.54) is 0 Å². The minimum Gasteiger partial charge on any atom is -0.390 e. The van der Waals surface area contributed by atoms with Crippen molar-refractivity contribution in [1.82, 2.24) is 0 Å². The summed E-state index contributed by atoms with van der Waals surface area (Å²) in [6.45, 7) is 0.0723. The first-order chi connectivity index (χ1) is 6.69. The quantitative estimate of drug-likeness (QED) is 0.720. The Labute approximate surface area is 87.1 Å². The van der Waals surface area contributed by atoms with Crippen molar-refractivity contribution >= 4 is 5.91 Å². The van der Waals surface area contributed by atoms with Crippen LogP contribution in [0.25, 0.3) is 0 Å². The summed E-state index contributed by atoms with van der Waals surface area (Å²) in [5, 5.41) is 8.66. The van der Waals surface area contributed by atoms with E-state index in [2.05, 4.69) is 0 Å². The van der Waals surface area contributed by atoms with Gasteiger partial charge in [-0.25, -0.2) is 4.79 Å². The summed E-state index contributed by atoms with van der Waals surface area (Å²) in [5.41, 5.74) is 0. The molecule has 0 aromatic carbocycles. The number of alkyl halides is 3. The molecule has 1 amide bonds. The number of nitrogens with zero attached hydrogens (tertiary/aromatic N) is 1. The predicted molar refractivity (Wildman–Crippen MR) is 49.0 cm³/mol. The number of carbonyl (C=O) groups excluding carboxylic acids is 1. The van der Waals surface area contributed by atoms with Crippen LogP contribution < -0.4 is 0 Å². The van der Waals surface area contributed by atoms with E-state index in [-0.39, 0.29) is 36.4 Å². The Bertz CT molecular complexity index is 214. The number of hydrogen-bond donors (Lipinski definition) is 1. The standard InChI is InChI=1S/C9H17F3NO2/c1-13(2,6-7-14)8(15)4-3-5-9(10,11)12/h14H,3-7H2,1-2H3/q+1. The van der Waals surface area contributed by atoms with Gasteiger partial charge in [-0.1, -0.05) is 0 Å². The molecule has 15 heavy (non-hydrogen) atoms. The molecule has 3 nitrogen and oxygen atoms in total. The molecule has 0 fully saturated rings. The highest BCUT2D eigenvalue weighted by Crippen LogP contribution is 2.22. The fraction of sp³-hybridized carbons (Fsp3) is 0.889. The maximum atomic E-state index is 11.8. The first kappa shape index (κ1) is 14.4. The van der Waals surface area contributed by atoms with Crippen LogP contribution in [0.4, 0.5) is 13.2 Å². The lowest BCUT2D eigenvalue weighted by Crippen LogP contribution is -2.47. The Morgan fingerprint density at radius 1 is 1.33 bits per heavy atom. The number of carbonyl (C=O) groups is 1. The molecular weight excluding hydrogens is 211 g/mol. The highest BCUT2D eigenvalue weighted by molar-refractivity contribution is 5.68. The van der Waals surface area contributed by atoms with Crippen LogP contribution in [0.1, 0.15) is 19.3 Å². The van der Waals surface area contributed by atoms with Gasteiger partial charge in [0.25, 0.3) is 0 Å². The smallest absolute Gasteiger partial charge is 0.389 e. The van der Waals surface area contributed by atoms with Gasteiger partial charge in [-0.05, 0) is 6.42 Å². The van der Waals surface area contributed by atoms with Gasteiger partial charge in [0.2, 0.25) is 0 Å². The SMILES string of the molecule is C[N+](C)(CCO)C(=O)CCCC(F)(F)F. The number of rotatable bonds is 5. The molecule has 0 rings (SSSR count). The number of aliphatic hydroxyl groups is 1. The van der Waals surface area contributed by atoms with Crippen molar-refractivity contribution in [3.63, 3.8) is 0 Å². The van der Waals surface area contributed by atoms with Crippen LogP contribution in [0.15, 0.2) is 0 Å². The van der Waals surface area contributed by atoms with Gasteiger partial charge in [0, 0.05) is 6.42 Å². The van der Waals surface area contributed by atoms with E-state index in [9.17, 15) is 18.0 Å². The van der Waals surface area contributed by atoms with Gasteiger partial charge in [0.1, 0.15) is 6.54 Å². The topological polar surface area (TPSA) is 37.3 Å². The van der Waals surface area contributed by atoms with Crippen molar-refractivity contribution in [1.29, 1.82) is 0 Å². The van der Waals surface area contributed by atoms with Crippen molar-refractivity contribution < 1.29 is 27.6 Å². The number of hydrogen-bond acceptors (Lipinski definition) is 2. The summed E-state index contributed by atoms with van der Waals surface area (Å²) in [4.78, 5) is 11.4. The zero-order valence-electron chi connectivity index (χ0n) is 8.97. The Hall–Kier alpha value is -0.620. The summed E-state index contributed by atoms with van der Waals surface area (Å²) in [5.74, 6) is -0.284. The average Bonchev–Trinajstić information content (AvgIpc) is 2.01. The lowest BCUT2D eigenvalue weighted by Gasteiger charge is -2.25. The largest absolute Gasteiger partial charge is 0.390 e. The Morgan fingerprint density at radius 2 is 1.87 bits per heavy atom. The molecule has 0 spiro atoms. The number of likely N-dealkylation sites (N-methyl/N-ethyl adjacent to an activating group) is 1. The summed E-state index contributed by atoms with van der Waals surface area (Å²) < 4.78 is 35.3. The molecule has 0 unspecified atom stereocenters. The molecule has 0 aromatic heterocycles. The van der Waals surface area contributed by atoms with Crippen molar-refractivity contribution in [2.75, 3.05) is 27.2 Å². The zero-order valence-corrected chi connectivity index (χ0v) is 8.97. The van der Waals surface area contributed by atoms with Gasteiger partial charge in [-0.3, -0.25) is 4.48 Å². The van der Waals surface area contributed by atoms with Crippen LogP contribution in [0.2, 0.25) is 0 Å². The second-order valence-electron chi connectivity index (χ2n) is 3.99. The van der Waals surface area contributed by atoms with E-state index < -0.39 is 12.6 Å². The second-order valence-corrected chi connectivity index (χ2v) is 3.99. The van der Waals surface area contributed by atoms with Gasteiger partial charge >= 0.3 is 12.1 Å². The van der Waals surface area contributed by atoms with Crippen molar-refractivity contribution in [3.05, 3.63) is 0 Å². The summed E-state index contributed by atoms with van der Waals surface area (Å²) in [7, 11) is 3.15. The number of halogens is 3. The molecule has 0 heterocycles. The number of aliphatic hydroxyl groups excluding tert-OH is 1.